The molecule has 2 rings (SSSR count). The van der Waals surface area contributed by atoms with E-state index in [1.165, 1.54) is 0 Å². The van der Waals surface area contributed by atoms with Crippen LogP contribution in [0.2, 0.25) is 0 Å². The zero-order valence-corrected chi connectivity index (χ0v) is 18.5. The van der Waals surface area contributed by atoms with Crippen molar-refractivity contribution >= 4 is 19.6 Å². The fourth-order valence-corrected chi connectivity index (χ4v) is 4.13. The molecule has 2 aliphatic rings. The summed E-state index contributed by atoms with van der Waals surface area (Å²) in [4.78, 5) is 40.9. The highest BCUT2D eigenvalue weighted by atomic mass is 31.2. The summed E-state index contributed by atoms with van der Waals surface area (Å²) in [6.45, 7) is 0.796. The van der Waals surface area contributed by atoms with E-state index in [4.69, 9.17) is 24.0 Å². The van der Waals surface area contributed by atoms with Crippen molar-refractivity contribution in [2.24, 2.45) is 0 Å². The molecule has 1 unspecified atom stereocenters. The van der Waals surface area contributed by atoms with E-state index in [1.807, 2.05) is 0 Å². The Morgan fingerprint density at radius 1 is 0.909 bits per heavy atom. The zero-order valence-electron chi connectivity index (χ0n) is 17.6. The minimum absolute atomic E-state index is 0.572. The maximum absolute atomic E-state index is 11.6. The maximum Gasteiger partial charge on any atom is 0.470 e. The lowest BCUT2D eigenvalue weighted by Crippen LogP contribution is -2.66. The van der Waals surface area contributed by atoms with Crippen LogP contribution < -0.4 is 10.6 Å². The monoisotopic (exact) mass is 504 g/mol. The van der Waals surface area contributed by atoms with Gasteiger partial charge in [-0.2, -0.15) is 0 Å². The lowest BCUT2D eigenvalue weighted by Gasteiger charge is -2.45. The molecule has 2 heterocycles. The Labute approximate surface area is 187 Å². The molecule has 2 aliphatic heterocycles. The molecule has 0 aliphatic carbocycles. The highest BCUT2D eigenvalue weighted by Gasteiger charge is 2.50. The van der Waals surface area contributed by atoms with Crippen molar-refractivity contribution in [3.05, 3.63) is 0 Å². The molecule has 192 valence electrons. The highest BCUT2D eigenvalue weighted by molar-refractivity contribution is 7.46. The minimum Gasteiger partial charge on any atom is -0.394 e. The largest absolute Gasteiger partial charge is 0.470 e. The number of phosphoric ester groups is 1. The lowest BCUT2D eigenvalue weighted by atomic mass is 9.96. The molecule has 0 radical (unpaired) electrons. The summed E-state index contributed by atoms with van der Waals surface area (Å²) in [7, 11) is -5.12. The lowest BCUT2D eigenvalue weighted by molar-refractivity contribution is -0.296. The predicted molar refractivity (Wildman–Crippen MR) is 103 cm³/mol. The van der Waals surface area contributed by atoms with Crippen molar-refractivity contribution < 1.29 is 68.2 Å². The number of ether oxygens (including phenoxy) is 3. The van der Waals surface area contributed by atoms with E-state index in [0.717, 1.165) is 13.8 Å². The standard InChI is InChI=1S/C16H29N2O14P/c1-5(20)17-9-12(23)11(22)8(30-15(9)25)4-29-16-10(18-6(2)21)13(24)14(7(3-19)31-16)32-33(26,27)28/h7-16,19,22-25H,3-4H2,1-2H3,(H,17,20)(H,18,21)(H2,26,27,28)/t7-,8-,9-,10-,11-,12-,13-,14-,15?,16-/m1/s1. The van der Waals surface area contributed by atoms with Gasteiger partial charge in [0.2, 0.25) is 11.8 Å². The highest BCUT2D eigenvalue weighted by Crippen LogP contribution is 2.41. The second-order valence-corrected chi connectivity index (χ2v) is 8.80. The third-order valence-corrected chi connectivity index (χ3v) is 5.51. The molecule has 0 saturated carbocycles. The van der Waals surface area contributed by atoms with Gasteiger partial charge >= 0.3 is 7.82 Å². The van der Waals surface area contributed by atoms with Crippen LogP contribution in [0.3, 0.4) is 0 Å². The second kappa shape index (κ2) is 11.4. The first-order valence-corrected chi connectivity index (χ1v) is 11.3. The summed E-state index contributed by atoms with van der Waals surface area (Å²) in [6.07, 6.45) is -12.9. The fraction of sp³-hybridized carbons (Fsp3) is 0.875. The fourth-order valence-electron chi connectivity index (χ4n) is 3.55. The van der Waals surface area contributed by atoms with Gasteiger partial charge in [0.15, 0.2) is 12.6 Å². The molecule has 33 heavy (non-hydrogen) atoms. The predicted octanol–water partition coefficient (Wildman–Crippen LogP) is -4.99. The number of amides is 2. The molecule has 9 N–H and O–H groups in total. The molecule has 10 atom stereocenters. The van der Waals surface area contributed by atoms with Crippen LogP contribution in [0.5, 0.6) is 0 Å². The van der Waals surface area contributed by atoms with Crippen molar-refractivity contribution in [3.63, 3.8) is 0 Å². The van der Waals surface area contributed by atoms with Crippen molar-refractivity contribution in [2.45, 2.75) is 75.1 Å². The molecule has 2 fully saturated rings. The van der Waals surface area contributed by atoms with Crippen LogP contribution in [-0.2, 0) is 32.9 Å². The number of aliphatic hydroxyl groups is 5. The van der Waals surface area contributed by atoms with Gasteiger partial charge in [-0.3, -0.25) is 14.1 Å². The first-order valence-electron chi connectivity index (χ1n) is 9.79. The smallest absolute Gasteiger partial charge is 0.394 e. The molecule has 0 bridgehead atoms. The Morgan fingerprint density at radius 3 is 2.00 bits per heavy atom. The Hall–Kier alpha value is -1.27. The molecular formula is C16H29N2O14P. The molecule has 0 spiro atoms. The third-order valence-electron chi connectivity index (χ3n) is 5.00. The number of carbonyl (C=O) groups excluding carboxylic acids is 2. The summed E-state index contributed by atoms with van der Waals surface area (Å²) in [5, 5.41) is 55.1. The summed E-state index contributed by atoms with van der Waals surface area (Å²) in [5.74, 6) is -1.26. The summed E-state index contributed by atoms with van der Waals surface area (Å²) < 4.78 is 31.8. The van der Waals surface area contributed by atoms with E-state index >= 15 is 0 Å². The molecule has 0 aromatic heterocycles. The van der Waals surface area contributed by atoms with Gasteiger partial charge in [0.1, 0.15) is 48.7 Å². The van der Waals surface area contributed by atoms with Crippen LogP contribution in [0.4, 0.5) is 0 Å². The average molecular weight is 504 g/mol. The maximum atomic E-state index is 11.6. The topological polar surface area (TPSA) is 254 Å². The number of carbonyl (C=O) groups is 2. The second-order valence-electron chi connectivity index (χ2n) is 7.61. The summed E-state index contributed by atoms with van der Waals surface area (Å²) in [6, 6.07) is -2.76. The van der Waals surface area contributed by atoms with Gasteiger partial charge in [-0.1, -0.05) is 0 Å². The first kappa shape index (κ1) is 28.0. The molecule has 2 amide bonds. The Morgan fingerprint density at radius 2 is 1.48 bits per heavy atom. The van der Waals surface area contributed by atoms with Gasteiger partial charge in [-0.15, -0.1) is 0 Å². The molecule has 2 saturated heterocycles. The number of rotatable bonds is 8. The van der Waals surface area contributed by atoms with Crippen LogP contribution in [0.15, 0.2) is 0 Å². The summed E-state index contributed by atoms with van der Waals surface area (Å²) in [5.41, 5.74) is 0. The Kier molecular flexibility index (Phi) is 9.70. The molecule has 0 aromatic carbocycles. The number of nitrogens with one attached hydrogen (secondary N) is 2. The van der Waals surface area contributed by atoms with Gasteiger partial charge in [0, 0.05) is 13.8 Å². The van der Waals surface area contributed by atoms with Crippen LogP contribution in [0.25, 0.3) is 0 Å². The van der Waals surface area contributed by atoms with Gasteiger partial charge in [0.25, 0.3) is 0 Å². The minimum atomic E-state index is -5.12. The third kappa shape index (κ3) is 7.35. The molecule has 17 heteroatoms. The van der Waals surface area contributed by atoms with E-state index < -0.39 is 94.1 Å². The Balaban J connectivity index is 2.13. The summed E-state index contributed by atoms with van der Waals surface area (Å²) >= 11 is 0. The van der Waals surface area contributed by atoms with Crippen molar-refractivity contribution in [3.8, 4) is 0 Å². The first-order chi connectivity index (χ1) is 15.2. The number of phosphoric acid groups is 1. The molecule has 0 aromatic rings. The quantitative estimate of drug-likeness (QED) is 0.140. The van der Waals surface area contributed by atoms with Gasteiger partial charge in [-0.05, 0) is 0 Å². The Bertz CT molecular complexity index is 736. The number of hydrogen-bond acceptors (Lipinski definition) is 12. The van der Waals surface area contributed by atoms with Crippen molar-refractivity contribution in [1.82, 2.24) is 10.6 Å². The van der Waals surface area contributed by atoms with Crippen LogP contribution in [0.1, 0.15) is 13.8 Å². The van der Waals surface area contributed by atoms with E-state index in [-0.39, 0.29) is 0 Å². The van der Waals surface area contributed by atoms with Crippen molar-refractivity contribution in [1.29, 1.82) is 0 Å². The van der Waals surface area contributed by atoms with Crippen molar-refractivity contribution in [2.75, 3.05) is 13.2 Å². The van der Waals surface area contributed by atoms with Crippen LogP contribution >= 0.6 is 7.82 Å². The van der Waals surface area contributed by atoms with Gasteiger partial charge < -0.3 is 60.2 Å². The zero-order chi connectivity index (χ0) is 25.1. The SMILES string of the molecule is CC(=O)N[C@H]1[C@H](OC[C@H]2OC(O)[C@H](NC(C)=O)[C@@H](O)[C@@H]2O)O[C@H](CO)[C@@H](OP(=O)(O)O)[C@@H]1O. The van der Waals surface area contributed by atoms with Crippen LogP contribution in [0, 0.1) is 0 Å². The van der Waals surface area contributed by atoms with E-state index in [2.05, 4.69) is 15.2 Å². The van der Waals surface area contributed by atoms with E-state index in [0.29, 0.717) is 0 Å². The van der Waals surface area contributed by atoms with Gasteiger partial charge in [0.05, 0.1) is 13.2 Å². The molecular weight excluding hydrogens is 475 g/mol. The normalized spacial score (nSPS) is 39.7. The van der Waals surface area contributed by atoms with E-state index in [1.54, 1.807) is 0 Å². The van der Waals surface area contributed by atoms with Crippen LogP contribution in [-0.4, -0.2) is 122 Å². The van der Waals surface area contributed by atoms with E-state index in [9.17, 15) is 39.7 Å². The average Bonchev–Trinajstić information content (AvgIpc) is 2.69. The number of aliphatic hydroxyl groups excluding tert-OH is 5. The number of hydrogen-bond donors (Lipinski definition) is 9. The van der Waals surface area contributed by atoms with Gasteiger partial charge in [-0.25, -0.2) is 4.57 Å². The molecule has 16 nitrogen and oxygen atoms in total.